The fourth-order valence-electron chi connectivity index (χ4n) is 2.09. The van der Waals surface area contributed by atoms with E-state index in [1.54, 1.807) is 0 Å². The maximum absolute atomic E-state index is 12.2. The number of epoxide rings is 1. The highest BCUT2D eigenvalue weighted by Crippen LogP contribution is 2.22. The van der Waals surface area contributed by atoms with Crippen LogP contribution in [0.15, 0.2) is 0 Å². The summed E-state index contributed by atoms with van der Waals surface area (Å²) < 4.78 is 4.92. The lowest BCUT2D eigenvalue weighted by Gasteiger charge is -2.20. The first kappa shape index (κ1) is 18.4. The van der Waals surface area contributed by atoms with E-state index in [0.29, 0.717) is 18.9 Å². The molecule has 7 nitrogen and oxygen atoms in total. The van der Waals surface area contributed by atoms with Gasteiger partial charge in [-0.25, -0.2) is 0 Å². The van der Waals surface area contributed by atoms with E-state index in [0.717, 1.165) is 6.42 Å². The van der Waals surface area contributed by atoms with E-state index in [1.165, 1.54) is 0 Å². The minimum atomic E-state index is -0.872. The standard InChI is InChI=1S/C15H27N3O4/c1-8(2)5-6-17-14(20)10(7-9(3)4)18-15(21)12-11(22-12)13(16)19/h8-12H,5-7H2,1-4H3,(H2,16,19)(H,17,20)(H,18,21). The van der Waals surface area contributed by atoms with Crippen molar-refractivity contribution in [3.05, 3.63) is 0 Å². The molecule has 0 bridgehead atoms. The Bertz CT molecular complexity index is 423. The number of nitrogens with two attached hydrogens (primary N) is 1. The van der Waals surface area contributed by atoms with Crippen molar-refractivity contribution in [3.8, 4) is 0 Å². The molecule has 1 aliphatic heterocycles. The fraction of sp³-hybridized carbons (Fsp3) is 0.800. The molecule has 3 unspecified atom stereocenters. The Morgan fingerprint density at radius 1 is 1.09 bits per heavy atom. The van der Waals surface area contributed by atoms with E-state index < -0.39 is 30.1 Å². The van der Waals surface area contributed by atoms with Crippen LogP contribution in [0.3, 0.4) is 0 Å². The van der Waals surface area contributed by atoms with Crippen molar-refractivity contribution in [3.63, 3.8) is 0 Å². The first-order valence-electron chi connectivity index (χ1n) is 7.75. The monoisotopic (exact) mass is 313 g/mol. The second kappa shape index (κ2) is 8.12. The molecular weight excluding hydrogens is 286 g/mol. The third-order valence-electron chi connectivity index (χ3n) is 3.39. The molecule has 1 rings (SSSR count). The lowest BCUT2D eigenvalue weighted by molar-refractivity contribution is -0.130. The van der Waals surface area contributed by atoms with Gasteiger partial charge in [0.1, 0.15) is 6.04 Å². The maximum atomic E-state index is 12.2. The summed E-state index contributed by atoms with van der Waals surface area (Å²) in [6, 6.07) is -0.627. The highest BCUT2D eigenvalue weighted by atomic mass is 16.6. The molecule has 1 fully saturated rings. The largest absolute Gasteiger partial charge is 0.367 e. The van der Waals surface area contributed by atoms with Crippen LogP contribution in [0, 0.1) is 11.8 Å². The lowest BCUT2D eigenvalue weighted by Crippen LogP contribution is -2.49. The van der Waals surface area contributed by atoms with Crippen molar-refractivity contribution in [2.24, 2.45) is 17.6 Å². The Kier molecular flexibility index (Phi) is 6.80. The molecule has 0 radical (unpaired) electrons. The Morgan fingerprint density at radius 3 is 2.18 bits per heavy atom. The van der Waals surface area contributed by atoms with E-state index in [2.05, 4.69) is 24.5 Å². The molecule has 3 atom stereocenters. The van der Waals surface area contributed by atoms with Gasteiger partial charge in [-0.3, -0.25) is 14.4 Å². The van der Waals surface area contributed by atoms with Crippen LogP contribution >= 0.6 is 0 Å². The van der Waals surface area contributed by atoms with Gasteiger partial charge in [-0.15, -0.1) is 0 Å². The van der Waals surface area contributed by atoms with Crippen LogP contribution in [0.5, 0.6) is 0 Å². The maximum Gasteiger partial charge on any atom is 0.253 e. The normalized spacial score (nSPS) is 21.5. The van der Waals surface area contributed by atoms with E-state index in [4.69, 9.17) is 10.5 Å². The SMILES string of the molecule is CC(C)CCNC(=O)C(CC(C)C)NC(=O)C1OC1C(N)=O. The summed E-state index contributed by atoms with van der Waals surface area (Å²) >= 11 is 0. The van der Waals surface area contributed by atoms with E-state index in [9.17, 15) is 14.4 Å². The van der Waals surface area contributed by atoms with Crippen molar-refractivity contribution in [1.29, 1.82) is 0 Å². The van der Waals surface area contributed by atoms with Gasteiger partial charge in [0.15, 0.2) is 12.2 Å². The Balaban J connectivity index is 2.51. The summed E-state index contributed by atoms with van der Waals surface area (Å²) in [7, 11) is 0. The van der Waals surface area contributed by atoms with Crippen LogP contribution in [-0.4, -0.2) is 42.5 Å². The molecule has 22 heavy (non-hydrogen) atoms. The van der Waals surface area contributed by atoms with Gasteiger partial charge in [-0.2, -0.15) is 0 Å². The Morgan fingerprint density at radius 2 is 1.73 bits per heavy atom. The Hall–Kier alpha value is -1.63. The van der Waals surface area contributed by atoms with E-state index in [1.807, 2.05) is 13.8 Å². The molecule has 1 heterocycles. The van der Waals surface area contributed by atoms with Crippen molar-refractivity contribution >= 4 is 17.7 Å². The van der Waals surface area contributed by atoms with E-state index >= 15 is 0 Å². The van der Waals surface area contributed by atoms with Crippen LogP contribution in [0.1, 0.15) is 40.5 Å². The first-order valence-corrected chi connectivity index (χ1v) is 7.75. The number of hydrogen-bond acceptors (Lipinski definition) is 4. The average molecular weight is 313 g/mol. The van der Waals surface area contributed by atoms with Gasteiger partial charge < -0.3 is 21.1 Å². The summed E-state index contributed by atoms with van der Waals surface area (Å²) in [6.45, 7) is 8.67. The van der Waals surface area contributed by atoms with Crippen LogP contribution in [0.25, 0.3) is 0 Å². The Labute approximate surface area is 131 Å². The van der Waals surface area contributed by atoms with Gasteiger partial charge in [0.05, 0.1) is 0 Å². The third-order valence-corrected chi connectivity index (χ3v) is 3.39. The molecule has 1 saturated heterocycles. The average Bonchev–Trinajstić information content (AvgIpc) is 3.16. The van der Waals surface area contributed by atoms with Gasteiger partial charge in [-0.1, -0.05) is 27.7 Å². The number of carbonyl (C=O) groups is 3. The minimum Gasteiger partial charge on any atom is -0.367 e. The second-order valence-corrected chi connectivity index (χ2v) is 6.54. The minimum absolute atomic E-state index is 0.209. The molecular formula is C15H27N3O4. The number of hydrogen-bond donors (Lipinski definition) is 3. The van der Waals surface area contributed by atoms with E-state index in [-0.39, 0.29) is 11.8 Å². The molecule has 0 saturated carbocycles. The number of nitrogens with one attached hydrogen (secondary N) is 2. The highest BCUT2D eigenvalue weighted by molar-refractivity contribution is 5.96. The second-order valence-electron chi connectivity index (χ2n) is 6.54. The summed E-state index contributed by atoms with van der Waals surface area (Å²) in [6.07, 6.45) is -0.337. The zero-order valence-electron chi connectivity index (χ0n) is 13.7. The molecule has 0 aliphatic carbocycles. The number of ether oxygens (including phenoxy) is 1. The van der Waals surface area contributed by atoms with Gasteiger partial charge in [0.2, 0.25) is 11.8 Å². The summed E-state index contributed by atoms with van der Waals surface area (Å²) in [5.74, 6) is -0.600. The van der Waals surface area contributed by atoms with Crippen molar-refractivity contribution in [1.82, 2.24) is 10.6 Å². The van der Waals surface area contributed by atoms with Crippen LogP contribution in [0.2, 0.25) is 0 Å². The zero-order chi connectivity index (χ0) is 16.9. The number of rotatable bonds is 9. The predicted molar refractivity (Wildman–Crippen MR) is 81.7 cm³/mol. The number of carbonyl (C=O) groups excluding carboxylic acids is 3. The fourth-order valence-corrected chi connectivity index (χ4v) is 2.09. The smallest absolute Gasteiger partial charge is 0.253 e. The first-order chi connectivity index (χ1) is 10.2. The summed E-state index contributed by atoms with van der Waals surface area (Å²) in [5.41, 5.74) is 5.07. The molecule has 7 heteroatoms. The van der Waals surface area contributed by atoms with Gasteiger partial charge in [0.25, 0.3) is 5.91 Å². The van der Waals surface area contributed by atoms with Crippen LogP contribution in [0.4, 0.5) is 0 Å². The molecule has 0 aromatic carbocycles. The van der Waals surface area contributed by atoms with Crippen molar-refractivity contribution in [2.75, 3.05) is 6.54 Å². The molecule has 3 amide bonds. The molecule has 1 aliphatic rings. The molecule has 126 valence electrons. The van der Waals surface area contributed by atoms with Gasteiger partial charge in [-0.05, 0) is 24.7 Å². The molecule has 4 N–H and O–H groups in total. The topological polar surface area (TPSA) is 114 Å². The van der Waals surface area contributed by atoms with Crippen molar-refractivity contribution in [2.45, 2.75) is 58.8 Å². The predicted octanol–water partition coefficient (Wildman–Crippen LogP) is -0.0677. The van der Waals surface area contributed by atoms with Crippen LogP contribution in [-0.2, 0) is 19.1 Å². The summed E-state index contributed by atoms with van der Waals surface area (Å²) in [4.78, 5) is 35.1. The van der Waals surface area contributed by atoms with Gasteiger partial charge >= 0.3 is 0 Å². The highest BCUT2D eigenvalue weighted by Gasteiger charge is 2.49. The molecule has 0 aromatic heterocycles. The lowest BCUT2D eigenvalue weighted by atomic mass is 10.0. The number of amides is 3. The molecule has 0 spiro atoms. The van der Waals surface area contributed by atoms with Crippen LogP contribution < -0.4 is 16.4 Å². The number of primary amides is 1. The van der Waals surface area contributed by atoms with Gasteiger partial charge in [0, 0.05) is 6.54 Å². The third kappa shape index (κ3) is 6.01. The summed E-state index contributed by atoms with van der Waals surface area (Å²) in [5, 5.41) is 5.48. The van der Waals surface area contributed by atoms with Crippen molar-refractivity contribution < 1.29 is 19.1 Å². The molecule has 0 aromatic rings. The zero-order valence-corrected chi connectivity index (χ0v) is 13.7. The quantitative estimate of drug-likeness (QED) is 0.517.